The highest BCUT2D eigenvalue weighted by Gasteiger charge is 2.20. The zero-order chi connectivity index (χ0) is 10.7. The van der Waals surface area contributed by atoms with E-state index < -0.39 is 10.7 Å². The molecule has 0 bridgehead atoms. The lowest BCUT2D eigenvalue weighted by Gasteiger charge is -1.99. The zero-order valence-corrected chi connectivity index (χ0v) is 7.35. The molecule has 1 aromatic carbocycles. The SMILES string of the molecule is CC(=O)c1c(C#N)cccc1[N+](=O)[O-]. The van der Waals surface area contributed by atoms with Crippen LogP contribution >= 0.6 is 0 Å². The number of rotatable bonds is 2. The Morgan fingerprint density at radius 3 is 2.64 bits per heavy atom. The highest BCUT2D eigenvalue weighted by atomic mass is 16.6. The van der Waals surface area contributed by atoms with E-state index in [9.17, 15) is 14.9 Å². The first-order valence-corrected chi connectivity index (χ1v) is 3.76. The van der Waals surface area contributed by atoms with Gasteiger partial charge in [-0.2, -0.15) is 5.26 Å². The van der Waals surface area contributed by atoms with E-state index in [4.69, 9.17) is 5.26 Å². The van der Waals surface area contributed by atoms with Crippen LogP contribution in [0.4, 0.5) is 5.69 Å². The molecule has 0 aromatic heterocycles. The van der Waals surface area contributed by atoms with Crippen molar-refractivity contribution >= 4 is 11.5 Å². The standard InChI is InChI=1S/C9H6N2O3/c1-6(12)9-7(5-10)3-2-4-8(9)11(13)14/h2-4H,1H3. The fourth-order valence-corrected chi connectivity index (χ4v) is 1.16. The maximum atomic E-state index is 11.1. The fourth-order valence-electron chi connectivity index (χ4n) is 1.16. The Morgan fingerprint density at radius 2 is 2.21 bits per heavy atom. The Kier molecular flexibility index (Phi) is 2.58. The van der Waals surface area contributed by atoms with Gasteiger partial charge in [0, 0.05) is 6.07 Å². The normalized spacial score (nSPS) is 9.14. The number of Topliss-reactive ketones (excluding diaryl/α,β-unsaturated/α-hetero) is 1. The van der Waals surface area contributed by atoms with Crippen LogP contribution in [0, 0.1) is 21.4 Å². The molecule has 0 aliphatic heterocycles. The number of ketones is 1. The van der Waals surface area contributed by atoms with E-state index in [1.54, 1.807) is 6.07 Å². The smallest absolute Gasteiger partial charge is 0.281 e. The summed E-state index contributed by atoms with van der Waals surface area (Å²) in [6.45, 7) is 1.20. The summed E-state index contributed by atoms with van der Waals surface area (Å²) in [6, 6.07) is 5.71. The van der Waals surface area contributed by atoms with Crippen molar-refractivity contribution in [2.24, 2.45) is 0 Å². The fraction of sp³-hybridized carbons (Fsp3) is 0.111. The van der Waals surface area contributed by atoms with Crippen LogP contribution in [-0.2, 0) is 0 Å². The van der Waals surface area contributed by atoms with Crippen molar-refractivity contribution in [3.8, 4) is 6.07 Å². The van der Waals surface area contributed by atoms with Crippen LogP contribution in [0.15, 0.2) is 18.2 Å². The summed E-state index contributed by atoms with van der Waals surface area (Å²) in [7, 11) is 0. The van der Waals surface area contributed by atoms with Crippen molar-refractivity contribution in [2.45, 2.75) is 6.92 Å². The summed E-state index contributed by atoms with van der Waals surface area (Å²) in [5, 5.41) is 19.2. The number of carbonyl (C=O) groups is 1. The molecule has 70 valence electrons. The maximum absolute atomic E-state index is 11.1. The molecule has 0 atom stereocenters. The van der Waals surface area contributed by atoms with Crippen LogP contribution in [0.5, 0.6) is 0 Å². The molecular formula is C9H6N2O3. The molecule has 0 saturated carbocycles. The molecule has 0 fully saturated rings. The Bertz CT molecular complexity index is 446. The van der Waals surface area contributed by atoms with E-state index in [-0.39, 0.29) is 16.8 Å². The lowest BCUT2D eigenvalue weighted by molar-refractivity contribution is -0.385. The third-order valence-corrected chi connectivity index (χ3v) is 1.71. The minimum Gasteiger partial charge on any atom is -0.294 e. The van der Waals surface area contributed by atoms with E-state index >= 15 is 0 Å². The zero-order valence-electron chi connectivity index (χ0n) is 7.35. The summed E-state index contributed by atoms with van der Waals surface area (Å²) in [5.74, 6) is -0.478. The Labute approximate surface area is 79.7 Å². The molecular weight excluding hydrogens is 184 g/mol. The summed E-state index contributed by atoms with van der Waals surface area (Å²) >= 11 is 0. The second-order valence-electron chi connectivity index (χ2n) is 2.62. The molecule has 0 aliphatic carbocycles. The van der Waals surface area contributed by atoms with Crippen LogP contribution in [0.25, 0.3) is 0 Å². The van der Waals surface area contributed by atoms with Gasteiger partial charge < -0.3 is 0 Å². The van der Waals surface area contributed by atoms with Gasteiger partial charge in [0.05, 0.1) is 10.5 Å². The van der Waals surface area contributed by atoms with E-state index in [0.717, 1.165) is 0 Å². The number of nitro groups is 1. The second kappa shape index (κ2) is 3.66. The molecule has 0 N–H and O–H groups in total. The molecule has 14 heavy (non-hydrogen) atoms. The van der Waals surface area contributed by atoms with Crippen molar-refractivity contribution in [1.82, 2.24) is 0 Å². The number of nitro benzene ring substituents is 1. The first-order chi connectivity index (χ1) is 6.57. The van der Waals surface area contributed by atoms with Crippen LogP contribution < -0.4 is 0 Å². The summed E-state index contributed by atoms with van der Waals surface area (Å²) in [4.78, 5) is 21.0. The van der Waals surface area contributed by atoms with Gasteiger partial charge in [-0.15, -0.1) is 0 Å². The van der Waals surface area contributed by atoms with Gasteiger partial charge in [-0.05, 0) is 13.0 Å². The molecule has 1 rings (SSSR count). The van der Waals surface area contributed by atoms with Crippen molar-refractivity contribution < 1.29 is 9.72 Å². The lowest BCUT2D eigenvalue weighted by atomic mass is 10.0. The molecule has 1 aromatic rings. The summed E-state index contributed by atoms with van der Waals surface area (Å²) in [5.41, 5.74) is -0.414. The van der Waals surface area contributed by atoms with Crippen LogP contribution in [-0.4, -0.2) is 10.7 Å². The molecule has 0 spiro atoms. The van der Waals surface area contributed by atoms with Gasteiger partial charge in [-0.1, -0.05) is 6.07 Å². The Balaban J connectivity index is 3.53. The van der Waals surface area contributed by atoms with E-state index in [1.807, 2.05) is 0 Å². The summed E-state index contributed by atoms with van der Waals surface area (Å²) < 4.78 is 0. The van der Waals surface area contributed by atoms with E-state index in [0.29, 0.717) is 0 Å². The third kappa shape index (κ3) is 1.59. The number of nitriles is 1. The number of hydrogen-bond donors (Lipinski definition) is 0. The average molecular weight is 190 g/mol. The lowest BCUT2D eigenvalue weighted by Crippen LogP contribution is -2.02. The molecule has 0 amide bonds. The highest BCUT2D eigenvalue weighted by molar-refractivity contribution is 6.00. The molecule has 0 unspecified atom stereocenters. The first-order valence-electron chi connectivity index (χ1n) is 3.76. The van der Waals surface area contributed by atoms with E-state index in [2.05, 4.69) is 0 Å². The highest BCUT2D eigenvalue weighted by Crippen LogP contribution is 2.21. The van der Waals surface area contributed by atoms with Gasteiger partial charge in [-0.25, -0.2) is 0 Å². The van der Waals surface area contributed by atoms with Gasteiger partial charge in [0.25, 0.3) is 5.69 Å². The van der Waals surface area contributed by atoms with Gasteiger partial charge in [0.1, 0.15) is 11.6 Å². The molecule has 0 heterocycles. The van der Waals surface area contributed by atoms with Crippen molar-refractivity contribution in [3.63, 3.8) is 0 Å². The minimum atomic E-state index is -0.669. The molecule has 0 saturated heterocycles. The van der Waals surface area contributed by atoms with Crippen LogP contribution in [0.3, 0.4) is 0 Å². The maximum Gasteiger partial charge on any atom is 0.281 e. The Hall–Kier alpha value is -2.22. The third-order valence-electron chi connectivity index (χ3n) is 1.71. The number of nitrogens with zero attached hydrogens (tertiary/aromatic N) is 2. The number of benzene rings is 1. The van der Waals surface area contributed by atoms with E-state index in [1.165, 1.54) is 25.1 Å². The molecule has 5 nitrogen and oxygen atoms in total. The quantitative estimate of drug-likeness (QED) is 0.403. The first kappa shape index (κ1) is 9.86. The van der Waals surface area contributed by atoms with Crippen LogP contribution in [0.2, 0.25) is 0 Å². The molecule has 5 heteroatoms. The van der Waals surface area contributed by atoms with Gasteiger partial charge in [0.15, 0.2) is 5.78 Å². The number of hydrogen-bond acceptors (Lipinski definition) is 4. The predicted octanol–water partition coefficient (Wildman–Crippen LogP) is 1.67. The van der Waals surface area contributed by atoms with Gasteiger partial charge >= 0.3 is 0 Å². The molecule has 0 aliphatic rings. The second-order valence-corrected chi connectivity index (χ2v) is 2.62. The largest absolute Gasteiger partial charge is 0.294 e. The van der Waals surface area contributed by atoms with Crippen molar-refractivity contribution in [1.29, 1.82) is 5.26 Å². The minimum absolute atomic E-state index is 0.0340. The average Bonchev–Trinajstić information content (AvgIpc) is 2.16. The monoisotopic (exact) mass is 190 g/mol. The van der Waals surface area contributed by atoms with Crippen molar-refractivity contribution in [2.75, 3.05) is 0 Å². The molecule has 0 radical (unpaired) electrons. The Morgan fingerprint density at radius 1 is 1.57 bits per heavy atom. The topological polar surface area (TPSA) is 84.0 Å². The van der Waals surface area contributed by atoms with Crippen LogP contribution in [0.1, 0.15) is 22.8 Å². The predicted molar refractivity (Wildman–Crippen MR) is 47.8 cm³/mol. The van der Waals surface area contributed by atoms with Gasteiger partial charge in [0.2, 0.25) is 0 Å². The van der Waals surface area contributed by atoms with Crippen molar-refractivity contribution in [3.05, 3.63) is 39.4 Å². The number of carbonyl (C=O) groups excluding carboxylic acids is 1. The van der Waals surface area contributed by atoms with Gasteiger partial charge in [-0.3, -0.25) is 14.9 Å². The summed E-state index contributed by atoms with van der Waals surface area (Å²) in [6.07, 6.45) is 0.